The summed E-state index contributed by atoms with van der Waals surface area (Å²) < 4.78 is 1.54. The van der Waals surface area contributed by atoms with Gasteiger partial charge in [-0.25, -0.2) is 4.98 Å². The van der Waals surface area contributed by atoms with Gasteiger partial charge in [0.1, 0.15) is 11.9 Å². The van der Waals surface area contributed by atoms with Crippen molar-refractivity contribution in [3.8, 4) is 0 Å². The Kier molecular flexibility index (Phi) is 3.82. The number of nitrogens with zero attached hydrogens (tertiary/aromatic N) is 2. The number of piperidine rings is 1. The Hall–Kier alpha value is -2.43. The molecule has 0 bridgehead atoms. The fourth-order valence-electron chi connectivity index (χ4n) is 3.35. The number of benzene rings is 1. The molecule has 1 N–H and O–H groups in total. The first kappa shape index (κ1) is 16.4. The molecule has 3 rings (SSSR count). The van der Waals surface area contributed by atoms with Crippen molar-refractivity contribution in [2.45, 2.75) is 52.0 Å². The first-order chi connectivity index (χ1) is 11.2. The molecule has 0 radical (unpaired) electrons. The fraction of sp³-hybridized carbons (Fsp3) is 0.421. The highest BCUT2D eigenvalue weighted by Gasteiger charge is 2.29. The minimum Gasteiger partial charge on any atom is -0.329 e. The van der Waals surface area contributed by atoms with Crippen LogP contribution in [0.3, 0.4) is 0 Å². The molecule has 1 aromatic heterocycles. The normalized spacial score (nSPS) is 18.8. The van der Waals surface area contributed by atoms with Crippen LogP contribution in [0.15, 0.2) is 35.3 Å². The van der Waals surface area contributed by atoms with Gasteiger partial charge in [0.25, 0.3) is 5.56 Å². The van der Waals surface area contributed by atoms with Crippen LogP contribution in [0.25, 0.3) is 10.9 Å². The van der Waals surface area contributed by atoms with Crippen LogP contribution in [0.1, 0.15) is 51.0 Å². The van der Waals surface area contributed by atoms with Crippen LogP contribution in [-0.4, -0.2) is 15.5 Å². The lowest BCUT2D eigenvalue weighted by Crippen LogP contribution is -2.41. The smallest absolute Gasteiger partial charge is 0.262 e. The van der Waals surface area contributed by atoms with E-state index in [1.54, 1.807) is 11.5 Å². The molecular formula is C19H23N3O2. The molecule has 0 unspecified atom stereocenters. The van der Waals surface area contributed by atoms with Crippen molar-refractivity contribution in [2.75, 3.05) is 0 Å². The lowest BCUT2D eigenvalue weighted by atomic mass is 9.84. The number of nitrogens with one attached hydrogen (secondary N) is 1. The summed E-state index contributed by atoms with van der Waals surface area (Å²) in [4.78, 5) is 30.2. The molecule has 24 heavy (non-hydrogen) atoms. The second-order valence-electron chi connectivity index (χ2n) is 7.43. The van der Waals surface area contributed by atoms with Crippen LogP contribution < -0.4 is 10.9 Å². The molecule has 1 aromatic carbocycles. The minimum absolute atomic E-state index is 0.143. The van der Waals surface area contributed by atoms with Gasteiger partial charge in [0.05, 0.1) is 10.9 Å². The number of aryl methyl sites for hydroxylation is 1. The third kappa shape index (κ3) is 2.64. The number of amides is 1. The average molecular weight is 325 g/mol. The molecule has 2 heterocycles. The summed E-state index contributed by atoms with van der Waals surface area (Å²) in [5, 5.41) is 3.36. The van der Waals surface area contributed by atoms with Gasteiger partial charge >= 0.3 is 0 Å². The molecule has 0 aliphatic carbocycles. The Morgan fingerprint density at radius 2 is 2.00 bits per heavy atom. The van der Waals surface area contributed by atoms with E-state index < -0.39 is 6.04 Å². The maximum Gasteiger partial charge on any atom is 0.262 e. The van der Waals surface area contributed by atoms with E-state index >= 15 is 0 Å². The molecule has 2 aromatic rings. The highest BCUT2D eigenvalue weighted by Crippen LogP contribution is 2.29. The Bertz CT molecular complexity index is 903. The molecule has 0 spiro atoms. The Morgan fingerprint density at radius 1 is 1.29 bits per heavy atom. The van der Waals surface area contributed by atoms with E-state index in [1.165, 1.54) is 0 Å². The third-order valence-corrected chi connectivity index (χ3v) is 4.55. The van der Waals surface area contributed by atoms with Crippen molar-refractivity contribution in [1.29, 1.82) is 0 Å². The molecule has 1 aliphatic rings. The van der Waals surface area contributed by atoms with Gasteiger partial charge in [-0.3, -0.25) is 14.2 Å². The number of aromatic nitrogens is 2. The maximum absolute atomic E-state index is 13.3. The summed E-state index contributed by atoms with van der Waals surface area (Å²) in [6, 6.07) is 5.21. The summed E-state index contributed by atoms with van der Waals surface area (Å²) >= 11 is 0. The minimum atomic E-state index is -0.534. The summed E-state index contributed by atoms with van der Waals surface area (Å²) in [6.07, 6.45) is 1.23. The van der Waals surface area contributed by atoms with Gasteiger partial charge < -0.3 is 5.32 Å². The molecule has 1 saturated heterocycles. The molecule has 1 fully saturated rings. The first-order valence-electron chi connectivity index (χ1n) is 8.21. The standard InChI is InChI=1S/C19H23N3O2/c1-11-9-10-15(17(23)20-11)22-12(2)21-14-8-6-7-13(19(3,4)5)16(14)18(22)24/h6-8,15H,1,9-10H2,2-5H3,(H,20,23)/t15-/m0/s1. The summed E-state index contributed by atoms with van der Waals surface area (Å²) in [6.45, 7) is 11.8. The van der Waals surface area contributed by atoms with Gasteiger partial charge in [0, 0.05) is 5.70 Å². The van der Waals surface area contributed by atoms with Crippen LogP contribution in [0.5, 0.6) is 0 Å². The van der Waals surface area contributed by atoms with Gasteiger partial charge in [0.2, 0.25) is 5.91 Å². The van der Waals surface area contributed by atoms with Crippen LogP contribution in [0.2, 0.25) is 0 Å². The predicted octanol–water partition coefficient (Wildman–Crippen LogP) is 2.97. The van der Waals surface area contributed by atoms with Gasteiger partial charge in [-0.1, -0.05) is 39.5 Å². The zero-order chi connectivity index (χ0) is 17.6. The van der Waals surface area contributed by atoms with Crippen molar-refractivity contribution in [1.82, 2.24) is 14.9 Å². The van der Waals surface area contributed by atoms with Crippen LogP contribution in [0, 0.1) is 6.92 Å². The van der Waals surface area contributed by atoms with E-state index in [9.17, 15) is 9.59 Å². The Balaban J connectivity index is 2.29. The number of fused-ring (bicyclic) bond motifs is 1. The Labute approximate surface area is 141 Å². The molecule has 1 atom stereocenters. The van der Waals surface area contributed by atoms with E-state index in [-0.39, 0.29) is 16.9 Å². The molecular weight excluding hydrogens is 302 g/mol. The quantitative estimate of drug-likeness (QED) is 0.877. The molecule has 0 saturated carbocycles. The van der Waals surface area contributed by atoms with Crippen molar-refractivity contribution in [3.63, 3.8) is 0 Å². The number of allylic oxidation sites excluding steroid dienone is 1. The van der Waals surface area contributed by atoms with E-state index in [1.807, 2.05) is 18.2 Å². The SMILES string of the molecule is C=C1CC[C@H](n2c(C)nc3cccc(C(C)(C)C)c3c2=O)C(=O)N1. The second kappa shape index (κ2) is 5.58. The number of carbonyl (C=O) groups is 1. The van der Waals surface area contributed by atoms with E-state index in [0.29, 0.717) is 35.3 Å². The summed E-state index contributed by atoms with van der Waals surface area (Å²) in [5.74, 6) is 0.372. The van der Waals surface area contributed by atoms with E-state index in [0.717, 1.165) is 5.56 Å². The number of hydrogen-bond donors (Lipinski definition) is 1. The van der Waals surface area contributed by atoms with Crippen molar-refractivity contribution < 1.29 is 4.79 Å². The molecule has 1 amide bonds. The molecule has 5 heteroatoms. The highest BCUT2D eigenvalue weighted by molar-refractivity contribution is 5.85. The van der Waals surface area contributed by atoms with Crippen LogP contribution >= 0.6 is 0 Å². The van der Waals surface area contributed by atoms with Crippen molar-refractivity contribution in [3.05, 3.63) is 52.2 Å². The van der Waals surface area contributed by atoms with Gasteiger partial charge in [-0.05, 0) is 36.8 Å². The monoisotopic (exact) mass is 325 g/mol. The fourth-order valence-corrected chi connectivity index (χ4v) is 3.35. The average Bonchev–Trinajstić information content (AvgIpc) is 2.47. The zero-order valence-corrected chi connectivity index (χ0v) is 14.6. The van der Waals surface area contributed by atoms with E-state index in [2.05, 4.69) is 37.7 Å². The van der Waals surface area contributed by atoms with Crippen LogP contribution in [0.4, 0.5) is 0 Å². The highest BCUT2D eigenvalue weighted by atomic mass is 16.2. The molecule has 126 valence electrons. The summed E-state index contributed by atoms with van der Waals surface area (Å²) in [5.41, 5.74) is 2.01. The molecule has 5 nitrogen and oxygen atoms in total. The van der Waals surface area contributed by atoms with E-state index in [4.69, 9.17) is 0 Å². The number of rotatable bonds is 1. The zero-order valence-electron chi connectivity index (χ0n) is 14.6. The van der Waals surface area contributed by atoms with Crippen LogP contribution in [-0.2, 0) is 10.2 Å². The lowest BCUT2D eigenvalue weighted by Gasteiger charge is -2.27. The van der Waals surface area contributed by atoms with Crippen molar-refractivity contribution >= 4 is 16.8 Å². The maximum atomic E-state index is 13.3. The predicted molar refractivity (Wildman–Crippen MR) is 95.0 cm³/mol. The topological polar surface area (TPSA) is 64.0 Å². The second-order valence-corrected chi connectivity index (χ2v) is 7.43. The van der Waals surface area contributed by atoms with Gasteiger partial charge in [-0.2, -0.15) is 0 Å². The summed E-state index contributed by atoms with van der Waals surface area (Å²) in [7, 11) is 0. The Morgan fingerprint density at radius 3 is 2.62 bits per heavy atom. The number of carbonyl (C=O) groups excluding carboxylic acids is 1. The van der Waals surface area contributed by atoms with Crippen molar-refractivity contribution in [2.24, 2.45) is 0 Å². The third-order valence-electron chi connectivity index (χ3n) is 4.55. The lowest BCUT2D eigenvalue weighted by molar-refractivity contribution is -0.124. The number of hydrogen-bond acceptors (Lipinski definition) is 3. The largest absolute Gasteiger partial charge is 0.329 e. The van der Waals surface area contributed by atoms with Gasteiger partial charge in [-0.15, -0.1) is 0 Å². The molecule has 1 aliphatic heterocycles. The van der Waals surface area contributed by atoms with Gasteiger partial charge in [0.15, 0.2) is 0 Å². The first-order valence-corrected chi connectivity index (χ1v) is 8.21.